The van der Waals surface area contributed by atoms with Crippen LogP contribution in [0.15, 0.2) is 0 Å². The van der Waals surface area contributed by atoms with Gasteiger partial charge in [-0.2, -0.15) is 0 Å². The molecule has 0 aliphatic rings. The van der Waals surface area contributed by atoms with Crippen LogP contribution < -0.4 is 0 Å². The molecule has 0 saturated carbocycles. The Bertz CT molecular complexity index is 95.0. The Hall–Kier alpha value is 0.790. The predicted molar refractivity (Wildman–Crippen MR) is 60.9 cm³/mol. The summed E-state index contributed by atoms with van der Waals surface area (Å²) in [7, 11) is -0.0242. The van der Waals surface area contributed by atoms with Gasteiger partial charge in [0.15, 0.2) is 0 Å². The van der Waals surface area contributed by atoms with Gasteiger partial charge in [0, 0.05) is 0 Å². The summed E-state index contributed by atoms with van der Waals surface area (Å²) in [5.74, 6) is 2.54. The fourth-order valence-corrected chi connectivity index (χ4v) is 3.68. The lowest BCUT2D eigenvalue weighted by molar-refractivity contribution is 1.07. The highest BCUT2D eigenvalue weighted by Gasteiger charge is 2.02. The summed E-state index contributed by atoms with van der Waals surface area (Å²) >= 11 is 9.26. The molecule has 0 amide bonds. The molecule has 0 bridgehead atoms. The highest BCUT2D eigenvalue weighted by atomic mass is 32.3. The van der Waals surface area contributed by atoms with Crippen molar-refractivity contribution in [3.8, 4) is 0 Å². The van der Waals surface area contributed by atoms with Gasteiger partial charge in [-0.05, 0) is 24.3 Å². The smallest absolute Gasteiger partial charge is 0.0811 e. The lowest BCUT2D eigenvalue weighted by Crippen LogP contribution is -1.97. The van der Waals surface area contributed by atoms with E-state index < -0.39 is 0 Å². The number of hydrogen-bond donors (Lipinski definition) is 2. The third-order valence-electron chi connectivity index (χ3n) is 1.26. The first-order chi connectivity index (χ1) is 4.72. The van der Waals surface area contributed by atoms with Crippen LogP contribution >= 0.6 is 35.7 Å². The summed E-state index contributed by atoms with van der Waals surface area (Å²) in [6.07, 6.45) is 2.48. The quantitative estimate of drug-likeness (QED) is 0.515. The van der Waals surface area contributed by atoms with E-state index >= 15 is 0 Å². The normalized spacial score (nSPS) is 11.3. The molecule has 0 unspecified atom stereocenters. The molecule has 0 aromatic rings. The number of rotatable bonds is 4. The second-order valence-electron chi connectivity index (χ2n) is 2.27. The molecule has 0 aliphatic carbocycles. The Kier molecular flexibility index (Phi) is 7.01. The molecular weight excluding hydrogens is 180 g/mol. The Balaban J connectivity index is 3.61. The van der Waals surface area contributed by atoms with Crippen molar-refractivity contribution in [2.24, 2.45) is 0 Å². The summed E-state index contributed by atoms with van der Waals surface area (Å²) < 4.78 is 0.957. The molecule has 10 heavy (non-hydrogen) atoms. The van der Waals surface area contributed by atoms with Gasteiger partial charge in [-0.1, -0.05) is 26.1 Å². The number of thiol groups is 2. The summed E-state index contributed by atoms with van der Waals surface area (Å²) in [5, 5.41) is 0. The first-order valence-corrected chi connectivity index (χ1v) is 6.27. The fraction of sp³-hybridized carbons (Fsp3) is 0.857. The molecular formula is C7H16S3. The van der Waals surface area contributed by atoms with Gasteiger partial charge in [0.1, 0.15) is 0 Å². The van der Waals surface area contributed by atoms with Crippen molar-refractivity contribution in [2.75, 3.05) is 11.5 Å². The minimum Gasteiger partial charge on any atom is -0.211 e. The average Bonchev–Trinajstić information content (AvgIpc) is 1.87. The monoisotopic (exact) mass is 196 g/mol. The molecule has 0 fully saturated rings. The Morgan fingerprint density at radius 2 is 1.70 bits per heavy atom. The van der Waals surface area contributed by atoms with Crippen LogP contribution in [0.5, 0.6) is 0 Å². The Labute approximate surface area is 77.5 Å². The minimum atomic E-state index is -0.0242. The first-order valence-electron chi connectivity index (χ1n) is 3.70. The summed E-state index contributed by atoms with van der Waals surface area (Å²) in [5.41, 5.74) is 0. The van der Waals surface area contributed by atoms with E-state index in [0.29, 0.717) is 0 Å². The molecule has 62 valence electrons. The van der Waals surface area contributed by atoms with Crippen LogP contribution in [0.4, 0.5) is 0 Å². The zero-order valence-electron chi connectivity index (χ0n) is 6.63. The van der Waals surface area contributed by atoms with E-state index in [1.165, 1.54) is 24.3 Å². The van der Waals surface area contributed by atoms with Gasteiger partial charge in [-0.15, -0.1) is 12.6 Å². The maximum Gasteiger partial charge on any atom is 0.0811 e. The van der Waals surface area contributed by atoms with Crippen LogP contribution in [-0.2, 0) is 0 Å². The van der Waals surface area contributed by atoms with Gasteiger partial charge in [-0.25, -0.2) is 10.9 Å². The maximum atomic E-state index is 5.04. The molecule has 0 rings (SSSR count). The topological polar surface area (TPSA) is 0 Å². The van der Waals surface area contributed by atoms with E-state index in [-0.39, 0.29) is 10.9 Å². The van der Waals surface area contributed by atoms with Crippen LogP contribution in [0.3, 0.4) is 0 Å². The van der Waals surface area contributed by atoms with Gasteiger partial charge >= 0.3 is 0 Å². The van der Waals surface area contributed by atoms with Gasteiger partial charge in [0.05, 0.1) is 3.53 Å². The van der Waals surface area contributed by atoms with Gasteiger partial charge in [0.25, 0.3) is 0 Å². The van der Waals surface area contributed by atoms with Crippen molar-refractivity contribution in [3.05, 3.63) is 0 Å². The highest BCUT2D eigenvalue weighted by molar-refractivity contribution is 8.50. The molecule has 3 heteroatoms. The second-order valence-corrected chi connectivity index (χ2v) is 6.50. The van der Waals surface area contributed by atoms with E-state index in [1.807, 2.05) is 0 Å². The fourth-order valence-electron chi connectivity index (χ4n) is 0.843. The number of hydrogen-bond acceptors (Lipinski definition) is 1. The molecule has 0 heterocycles. The van der Waals surface area contributed by atoms with E-state index in [1.54, 1.807) is 0 Å². The summed E-state index contributed by atoms with van der Waals surface area (Å²) in [6, 6.07) is 0. The second kappa shape index (κ2) is 6.50. The molecule has 0 aromatic carbocycles. The lowest BCUT2D eigenvalue weighted by atomic mass is 10.6. The Morgan fingerprint density at radius 1 is 1.30 bits per heavy atom. The number of thiocarbonyl (C=S) groups is 1. The van der Waals surface area contributed by atoms with E-state index in [9.17, 15) is 0 Å². The predicted octanol–water partition coefficient (Wildman–Crippen LogP) is 3.02. The average molecular weight is 196 g/mol. The first kappa shape index (κ1) is 10.8. The van der Waals surface area contributed by atoms with Crippen LogP contribution in [0.25, 0.3) is 0 Å². The molecule has 0 N–H and O–H groups in total. The molecule has 0 atom stereocenters. The zero-order valence-corrected chi connectivity index (χ0v) is 9.24. The minimum absolute atomic E-state index is 0.0242. The van der Waals surface area contributed by atoms with Crippen molar-refractivity contribution >= 4 is 39.3 Å². The summed E-state index contributed by atoms with van der Waals surface area (Å²) in [4.78, 5) is 0. The molecule has 0 spiro atoms. The van der Waals surface area contributed by atoms with Crippen LogP contribution in [0.1, 0.15) is 26.7 Å². The van der Waals surface area contributed by atoms with Crippen molar-refractivity contribution in [2.45, 2.75) is 26.7 Å². The van der Waals surface area contributed by atoms with Crippen LogP contribution in [-0.4, -0.2) is 15.0 Å². The van der Waals surface area contributed by atoms with E-state index in [2.05, 4.69) is 26.5 Å². The van der Waals surface area contributed by atoms with Crippen LogP contribution in [0.2, 0.25) is 0 Å². The van der Waals surface area contributed by atoms with Crippen molar-refractivity contribution in [3.63, 3.8) is 0 Å². The van der Waals surface area contributed by atoms with Gasteiger partial charge < -0.3 is 0 Å². The zero-order chi connectivity index (χ0) is 7.98. The largest absolute Gasteiger partial charge is 0.211 e. The van der Waals surface area contributed by atoms with Crippen molar-refractivity contribution in [1.82, 2.24) is 0 Å². The molecule has 0 aromatic heterocycles. The lowest BCUT2D eigenvalue weighted by Gasteiger charge is -2.17. The van der Waals surface area contributed by atoms with Gasteiger partial charge in [0.2, 0.25) is 0 Å². The van der Waals surface area contributed by atoms with Gasteiger partial charge in [-0.3, -0.25) is 0 Å². The van der Waals surface area contributed by atoms with E-state index in [0.717, 1.165) is 3.53 Å². The SMILES string of the molecule is CCC[SH](CCC)C(=S)S. The maximum absolute atomic E-state index is 5.04. The Morgan fingerprint density at radius 3 is 1.90 bits per heavy atom. The van der Waals surface area contributed by atoms with Crippen molar-refractivity contribution in [1.29, 1.82) is 0 Å². The standard InChI is InChI=1S/C7H16S3/c1-3-5-10(6-4-2)7(8)9/h10H,3-6H2,1-2H3,(H,8,9). The highest BCUT2D eigenvalue weighted by Crippen LogP contribution is 2.30. The molecule has 0 aliphatic heterocycles. The summed E-state index contributed by atoms with van der Waals surface area (Å²) in [6.45, 7) is 4.41. The molecule has 0 nitrogen and oxygen atoms in total. The molecule has 0 saturated heterocycles. The molecule has 0 radical (unpaired) electrons. The van der Waals surface area contributed by atoms with Crippen LogP contribution in [0, 0.1) is 0 Å². The third-order valence-corrected chi connectivity index (χ3v) is 5.40. The van der Waals surface area contributed by atoms with Crippen molar-refractivity contribution < 1.29 is 0 Å². The third kappa shape index (κ3) is 4.58. The van der Waals surface area contributed by atoms with E-state index in [4.69, 9.17) is 12.2 Å².